The quantitative estimate of drug-likeness (QED) is 0.853. The predicted molar refractivity (Wildman–Crippen MR) is 85.8 cm³/mol. The lowest BCUT2D eigenvalue weighted by Crippen LogP contribution is -2.61. The SMILES string of the molecule is N#Cc1cncc(N2CC3(CCOCC3)[C@@H]2c2ccccc2)n1. The van der Waals surface area contributed by atoms with E-state index in [2.05, 4.69) is 45.2 Å². The smallest absolute Gasteiger partial charge is 0.161 e. The summed E-state index contributed by atoms with van der Waals surface area (Å²) in [6.45, 7) is 2.58. The van der Waals surface area contributed by atoms with Gasteiger partial charge in [0.2, 0.25) is 0 Å². The van der Waals surface area contributed by atoms with Crippen LogP contribution in [0.5, 0.6) is 0 Å². The summed E-state index contributed by atoms with van der Waals surface area (Å²) in [5, 5.41) is 9.07. The molecule has 116 valence electrons. The average Bonchev–Trinajstić information content (AvgIpc) is 2.61. The summed E-state index contributed by atoms with van der Waals surface area (Å²) >= 11 is 0. The number of ether oxygens (including phenoxy) is 1. The second-order valence-corrected chi connectivity index (χ2v) is 6.29. The zero-order valence-corrected chi connectivity index (χ0v) is 12.9. The molecule has 1 aromatic carbocycles. The van der Waals surface area contributed by atoms with Gasteiger partial charge in [-0.3, -0.25) is 4.98 Å². The Bertz CT molecular complexity index is 734. The van der Waals surface area contributed by atoms with E-state index in [1.54, 1.807) is 6.20 Å². The number of benzene rings is 1. The topological polar surface area (TPSA) is 62.0 Å². The molecule has 0 bridgehead atoms. The zero-order chi connectivity index (χ0) is 15.7. The van der Waals surface area contributed by atoms with Crippen LogP contribution in [0.15, 0.2) is 42.7 Å². The molecule has 0 unspecified atom stereocenters. The molecular weight excluding hydrogens is 288 g/mol. The molecule has 1 spiro atoms. The van der Waals surface area contributed by atoms with E-state index in [0.29, 0.717) is 5.69 Å². The standard InChI is InChI=1S/C18H18N4O/c19-10-15-11-20-12-16(21-15)22-13-18(6-8-23-9-7-18)17(22)14-4-2-1-3-5-14/h1-5,11-12,17H,6-9,13H2/t17-/m0/s1. The van der Waals surface area contributed by atoms with E-state index in [0.717, 1.165) is 38.4 Å². The highest BCUT2D eigenvalue weighted by Gasteiger charge is 2.54. The van der Waals surface area contributed by atoms with Gasteiger partial charge < -0.3 is 9.64 Å². The normalized spacial score (nSPS) is 22.4. The third kappa shape index (κ3) is 2.36. The van der Waals surface area contributed by atoms with Crippen LogP contribution in [0, 0.1) is 16.7 Å². The van der Waals surface area contributed by atoms with Crippen molar-refractivity contribution in [2.24, 2.45) is 5.41 Å². The van der Waals surface area contributed by atoms with Crippen molar-refractivity contribution in [3.8, 4) is 6.07 Å². The van der Waals surface area contributed by atoms with Crippen molar-refractivity contribution in [3.05, 3.63) is 54.0 Å². The summed E-state index contributed by atoms with van der Waals surface area (Å²) in [5.41, 5.74) is 1.90. The first-order valence-corrected chi connectivity index (χ1v) is 7.94. The Balaban J connectivity index is 1.71. The van der Waals surface area contributed by atoms with E-state index in [9.17, 15) is 0 Å². The maximum absolute atomic E-state index is 9.07. The second kappa shape index (κ2) is 5.64. The van der Waals surface area contributed by atoms with E-state index in [-0.39, 0.29) is 11.5 Å². The number of hydrogen-bond acceptors (Lipinski definition) is 5. The monoisotopic (exact) mass is 306 g/mol. The van der Waals surface area contributed by atoms with Gasteiger partial charge in [0, 0.05) is 25.2 Å². The molecule has 2 aliphatic heterocycles. The van der Waals surface area contributed by atoms with Crippen molar-refractivity contribution in [1.29, 1.82) is 5.26 Å². The largest absolute Gasteiger partial charge is 0.381 e. The Morgan fingerprint density at radius 2 is 1.96 bits per heavy atom. The first kappa shape index (κ1) is 14.2. The van der Waals surface area contributed by atoms with Crippen LogP contribution in [-0.4, -0.2) is 29.7 Å². The molecule has 2 aliphatic rings. The first-order valence-electron chi connectivity index (χ1n) is 7.94. The number of aromatic nitrogens is 2. The summed E-state index contributed by atoms with van der Waals surface area (Å²) in [5.74, 6) is 0.787. The maximum atomic E-state index is 9.07. The molecule has 0 radical (unpaired) electrons. The molecule has 2 fully saturated rings. The lowest BCUT2D eigenvalue weighted by atomic mass is 9.64. The van der Waals surface area contributed by atoms with E-state index in [1.807, 2.05) is 6.07 Å². The van der Waals surface area contributed by atoms with Crippen molar-refractivity contribution < 1.29 is 4.74 Å². The van der Waals surface area contributed by atoms with Crippen LogP contribution in [-0.2, 0) is 4.74 Å². The van der Waals surface area contributed by atoms with E-state index < -0.39 is 0 Å². The highest BCUT2D eigenvalue weighted by molar-refractivity contribution is 5.49. The summed E-state index contributed by atoms with van der Waals surface area (Å²) < 4.78 is 5.57. The average molecular weight is 306 g/mol. The number of nitriles is 1. The predicted octanol–water partition coefficient (Wildman–Crippen LogP) is 2.71. The molecule has 5 nitrogen and oxygen atoms in total. The van der Waals surface area contributed by atoms with Gasteiger partial charge in [0.05, 0.1) is 18.4 Å². The Morgan fingerprint density at radius 3 is 2.70 bits per heavy atom. The van der Waals surface area contributed by atoms with Gasteiger partial charge in [0.25, 0.3) is 0 Å². The van der Waals surface area contributed by atoms with Crippen LogP contribution < -0.4 is 4.90 Å². The van der Waals surface area contributed by atoms with Crippen LogP contribution in [0.3, 0.4) is 0 Å². The summed E-state index contributed by atoms with van der Waals surface area (Å²) in [6.07, 6.45) is 5.39. The Labute approximate surface area is 135 Å². The molecule has 3 heterocycles. The fourth-order valence-electron chi connectivity index (χ4n) is 3.87. The van der Waals surface area contributed by atoms with Crippen LogP contribution in [0.4, 0.5) is 5.82 Å². The fraction of sp³-hybridized carbons (Fsp3) is 0.389. The second-order valence-electron chi connectivity index (χ2n) is 6.29. The van der Waals surface area contributed by atoms with Crippen LogP contribution in [0.2, 0.25) is 0 Å². The number of nitrogens with zero attached hydrogens (tertiary/aromatic N) is 4. The molecule has 2 aromatic rings. The molecule has 4 rings (SSSR count). The van der Waals surface area contributed by atoms with Gasteiger partial charge in [-0.1, -0.05) is 30.3 Å². The molecule has 2 saturated heterocycles. The van der Waals surface area contributed by atoms with Gasteiger partial charge in [0.15, 0.2) is 5.69 Å². The lowest BCUT2D eigenvalue weighted by molar-refractivity contribution is -0.0295. The number of anilines is 1. The summed E-state index contributed by atoms with van der Waals surface area (Å²) in [7, 11) is 0. The van der Waals surface area contributed by atoms with Crippen molar-refractivity contribution in [1.82, 2.24) is 9.97 Å². The Hall–Kier alpha value is -2.45. The third-order valence-corrected chi connectivity index (χ3v) is 5.01. The zero-order valence-electron chi connectivity index (χ0n) is 12.9. The van der Waals surface area contributed by atoms with E-state index in [4.69, 9.17) is 10.00 Å². The minimum absolute atomic E-state index is 0.240. The highest BCUT2D eigenvalue weighted by atomic mass is 16.5. The van der Waals surface area contributed by atoms with Crippen molar-refractivity contribution in [3.63, 3.8) is 0 Å². The molecular formula is C18H18N4O. The van der Waals surface area contributed by atoms with Gasteiger partial charge in [0.1, 0.15) is 11.9 Å². The minimum Gasteiger partial charge on any atom is -0.381 e. The molecule has 0 N–H and O–H groups in total. The van der Waals surface area contributed by atoms with Gasteiger partial charge >= 0.3 is 0 Å². The molecule has 1 aromatic heterocycles. The fourth-order valence-corrected chi connectivity index (χ4v) is 3.87. The third-order valence-electron chi connectivity index (χ3n) is 5.01. The molecule has 0 amide bonds. The van der Waals surface area contributed by atoms with Crippen molar-refractivity contribution >= 4 is 5.82 Å². The summed E-state index contributed by atoms with van der Waals surface area (Å²) in [4.78, 5) is 10.9. The first-order chi connectivity index (χ1) is 11.3. The van der Waals surface area contributed by atoms with Crippen LogP contribution in [0.1, 0.15) is 30.1 Å². The van der Waals surface area contributed by atoms with Crippen molar-refractivity contribution in [2.45, 2.75) is 18.9 Å². The highest BCUT2D eigenvalue weighted by Crippen LogP contribution is 2.55. The molecule has 23 heavy (non-hydrogen) atoms. The Morgan fingerprint density at radius 1 is 1.17 bits per heavy atom. The molecule has 1 atom stereocenters. The van der Waals surface area contributed by atoms with E-state index in [1.165, 1.54) is 11.8 Å². The molecule has 0 saturated carbocycles. The number of rotatable bonds is 2. The Kier molecular flexibility index (Phi) is 3.47. The van der Waals surface area contributed by atoms with Gasteiger partial charge in [-0.15, -0.1) is 0 Å². The van der Waals surface area contributed by atoms with Crippen LogP contribution in [0.25, 0.3) is 0 Å². The van der Waals surface area contributed by atoms with Crippen molar-refractivity contribution in [2.75, 3.05) is 24.7 Å². The number of hydrogen-bond donors (Lipinski definition) is 0. The molecule has 0 aliphatic carbocycles. The van der Waals surface area contributed by atoms with Gasteiger partial charge in [-0.05, 0) is 18.4 Å². The van der Waals surface area contributed by atoms with Gasteiger partial charge in [-0.25, -0.2) is 4.98 Å². The maximum Gasteiger partial charge on any atom is 0.161 e. The van der Waals surface area contributed by atoms with E-state index >= 15 is 0 Å². The summed E-state index contributed by atoms with van der Waals surface area (Å²) in [6, 6.07) is 12.9. The minimum atomic E-state index is 0.240. The molecule has 5 heteroatoms. The lowest BCUT2D eigenvalue weighted by Gasteiger charge is -2.59. The van der Waals surface area contributed by atoms with Gasteiger partial charge in [-0.2, -0.15) is 5.26 Å². The van der Waals surface area contributed by atoms with Crippen LogP contribution >= 0.6 is 0 Å².